The van der Waals surface area contributed by atoms with Crippen LogP contribution in [0.2, 0.25) is 10.0 Å². The zero-order chi connectivity index (χ0) is 17.8. The standard InChI is InChI=1S/C20H22Cl2N2O/c1-14-2-7-18(12-19(14)22)23-20(25)16-8-10-24(11-9-16)13-15-3-5-17(21)6-4-15/h2-7,12,16H,8-11,13H2,1H3,(H,23,25). The first-order valence-electron chi connectivity index (χ1n) is 8.55. The zero-order valence-corrected chi connectivity index (χ0v) is 15.8. The first-order valence-corrected chi connectivity index (χ1v) is 9.30. The van der Waals surface area contributed by atoms with Gasteiger partial charge in [-0.15, -0.1) is 0 Å². The number of piperidine rings is 1. The van der Waals surface area contributed by atoms with E-state index in [4.69, 9.17) is 23.2 Å². The summed E-state index contributed by atoms with van der Waals surface area (Å²) in [5, 5.41) is 4.43. The van der Waals surface area contributed by atoms with Crippen molar-refractivity contribution in [3.8, 4) is 0 Å². The summed E-state index contributed by atoms with van der Waals surface area (Å²) in [6, 6.07) is 13.6. The van der Waals surface area contributed by atoms with Gasteiger partial charge in [0, 0.05) is 28.2 Å². The Labute approximate surface area is 158 Å². The van der Waals surface area contributed by atoms with Crippen molar-refractivity contribution < 1.29 is 4.79 Å². The van der Waals surface area contributed by atoms with E-state index in [0.29, 0.717) is 5.02 Å². The molecule has 3 rings (SSSR count). The van der Waals surface area contributed by atoms with Gasteiger partial charge >= 0.3 is 0 Å². The van der Waals surface area contributed by atoms with Crippen LogP contribution in [0.5, 0.6) is 0 Å². The number of likely N-dealkylation sites (tertiary alicyclic amines) is 1. The molecule has 132 valence electrons. The Balaban J connectivity index is 1.50. The van der Waals surface area contributed by atoms with Gasteiger partial charge in [0.1, 0.15) is 0 Å². The molecule has 0 bridgehead atoms. The fourth-order valence-electron chi connectivity index (χ4n) is 3.12. The second-order valence-electron chi connectivity index (χ2n) is 6.63. The third-order valence-electron chi connectivity index (χ3n) is 4.72. The normalized spacial score (nSPS) is 16.0. The quantitative estimate of drug-likeness (QED) is 0.799. The van der Waals surface area contributed by atoms with Crippen molar-refractivity contribution in [2.24, 2.45) is 5.92 Å². The van der Waals surface area contributed by atoms with Crippen LogP contribution in [0.3, 0.4) is 0 Å². The Kier molecular flexibility index (Phi) is 6.00. The summed E-state index contributed by atoms with van der Waals surface area (Å²) in [6.45, 7) is 4.70. The maximum absolute atomic E-state index is 12.5. The van der Waals surface area contributed by atoms with Crippen molar-refractivity contribution in [3.05, 3.63) is 63.6 Å². The summed E-state index contributed by atoms with van der Waals surface area (Å²) >= 11 is 12.0. The average molecular weight is 377 g/mol. The number of amides is 1. The fourth-order valence-corrected chi connectivity index (χ4v) is 3.42. The van der Waals surface area contributed by atoms with Crippen LogP contribution in [0.25, 0.3) is 0 Å². The van der Waals surface area contributed by atoms with Gasteiger partial charge in [-0.1, -0.05) is 41.4 Å². The molecule has 3 nitrogen and oxygen atoms in total. The largest absolute Gasteiger partial charge is 0.326 e. The lowest BCUT2D eigenvalue weighted by Crippen LogP contribution is -2.37. The van der Waals surface area contributed by atoms with Crippen LogP contribution >= 0.6 is 23.2 Å². The molecule has 0 radical (unpaired) electrons. The highest BCUT2D eigenvalue weighted by molar-refractivity contribution is 6.31. The smallest absolute Gasteiger partial charge is 0.227 e. The highest BCUT2D eigenvalue weighted by atomic mass is 35.5. The first-order chi connectivity index (χ1) is 12.0. The molecule has 2 aromatic rings. The number of nitrogens with zero attached hydrogens (tertiary/aromatic N) is 1. The number of hydrogen-bond donors (Lipinski definition) is 1. The van der Waals surface area contributed by atoms with Crippen molar-refractivity contribution >= 4 is 34.8 Å². The molecule has 0 atom stereocenters. The third kappa shape index (κ3) is 4.97. The van der Waals surface area contributed by atoms with Gasteiger partial charge in [-0.25, -0.2) is 0 Å². The number of carbonyl (C=O) groups is 1. The maximum atomic E-state index is 12.5. The molecule has 1 N–H and O–H groups in total. The molecule has 0 saturated carbocycles. The number of nitrogens with one attached hydrogen (secondary N) is 1. The van der Waals surface area contributed by atoms with Crippen LogP contribution in [-0.4, -0.2) is 23.9 Å². The van der Waals surface area contributed by atoms with E-state index in [2.05, 4.69) is 22.3 Å². The van der Waals surface area contributed by atoms with E-state index in [-0.39, 0.29) is 11.8 Å². The Morgan fingerprint density at radius 2 is 1.80 bits per heavy atom. The predicted octanol–water partition coefficient (Wildman–Crippen LogP) is 5.15. The Hall–Kier alpha value is -1.55. The van der Waals surface area contributed by atoms with E-state index >= 15 is 0 Å². The Bertz CT molecular complexity index is 738. The molecule has 1 amide bonds. The van der Waals surface area contributed by atoms with E-state index in [0.717, 1.165) is 48.7 Å². The summed E-state index contributed by atoms with van der Waals surface area (Å²) in [4.78, 5) is 14.9. The highest BCUT2D eigenvalue weighted by Gasteiger charge is 2.25. The molecule has 1 saturated heterocycles. The van der Waals surface area contributed by atoms with Crippen LogP contribution in [0.4, 0.5) is 5.69 Å². The van der Waals surface area contributed by atoms with Gasteiger partial charge in [0.15, 0.2) is 0 Å². The zero-order valence-electron chi connectivity index (χ0n) is 14.3. The molecule has 25 heavy (non-hydrogen) atoms. The minimum Gasteiger partial charge on any atom is -0.326 e. The van der Waals surface area contributed by atoms with E-state index < -0.39 is 0 Å². The van der Waals surface area contributed by atoms with Gasteiger partial charge in [-0.2, -0.15) is 0 Å². The SMILES string of the molecule is Cc1ccc(NC(=O)C2CCN(Cc3ccc(Cl)cc3)CC2)cc1Cl. The summed E-state index contributed by atoms with van der Waals surface area (Å²) < 4.78 is 0. The van der Waals surface area contributed by atoms with Crippen LogP contribution in [0.1, 0.15) is 24.0 Å². The van der Waals surface area contributed by atoms with Crippen molar-refractivity contribution in [2.45, 2.75) is 26.3 Å². The second-order valence-corrected chi connectivity index (χ2v) is 7.47. The van der Waals surface area contributed by atoms with Gasteiger partial charge in [0.2, 0.25) is 5.91 Å². The van der Waals surface area contributed by atoms with Gasteiger partial charge in [-0.3, -0.25) is 9.69 Å². The fraction of sp³-hybridized carbons (Fsp3) is 0.350. The van der Waals surface area contributed by atoms with Gasteiger partial charge in [0.25, 0.3) is 0 Å². The predicted molar refractivity (Wildman–Crippen MR) is 104 cm³/mol. The minimum atomic E-state index is 0.0570. The Morgan fingerprint density at radius 1 is 1.12 bits per heavy atom. The van der Waals surface area contributed by atoms with Gasteiger partial charge in [-0.05, 0) is 68.2 Å². The molecule has 1 heterocycles. The molecule has 0 aliphatic carbocycles. The molecule has 0 spiro atoms. The molecule has 0 unspecified atom stereocenters. The van der Waals surface area contributed by atoms with Crippen LogP contribution in [0.15, 0.2) is 42.5 Å². The number of halogens is 2. The lowest BCUT2D eigenvalue weighted by molar-refractivity contribution is -0.121. The van der Waals surface area contributed by atoms with E-state index in [1.807, 2.05) is 37.3 Å². The molecule has 0 aromatic heterocycles. The van der Waals surface area contributed by atoms with Crippen molar-refractivity contribution in [3.63, 3.8) is 0 Å². The molecular formula is C20H22Cl2N2O. The van der Waals surface area contributed by atoms with Crippen molar-refractivity contribution in [2.75, 3.05) is 18.4 Å². The summed E-state index contributed by atoms with van der Waals surface area (Å²) in [7, 11) is 0. The molecule has 1 aliphatic rings. The minimum absolute atomic E-state index is 0.0570. The number of rotatable bonds is 4. The monoisotopic (exact) mass is 376 g/mol. The number of hydrogen-bond acceptors (Lipinski definition) is 2. The van der Waals surface area contributed by atoms with Crippen LogP contribution in [0, 0.1) is 12.8 Å². The number of aryl methyl sites for hydroxylation is 1. The molecule has 2 aromatic carbocycles. The Morgan fingerprint density at radius 3 is 2.44 bits per heavy atom. The van der Waals surface area contributed by atoms with Crippen LogP contribution < -0.4 is 5.32 Å². The van der Waals surface area contributed by atoms with E-state index in [1.165, 1.54) is 5.56 Å². The molecule has 1 aliphatic heterocycles. The summed E-state index contributed by atoms with van der Waals surface area (Å²) in [6.07, 6.45) is 1.75. The van der Waals surface area contributed by atoms with E-state index in [1.54, 1.807) is 0 Å². The average Bonchev–Trinajstić information content (AvgIpc) is 2.61. The number of anilines is 1. The second kappa shape index (κ2) is 8.22. The number of benzene rings is 2. The maximum Gasteiger partial charge on any atom is 0.227 e. The van der Waals surface area contributed by atoms with Gasteiger partial charge in [0.05, 0.1) is 0 Å². The third-order valence-corrected chi connectivity index (χ3v) is 5.38. The van der Waals surface area contributed by atoms with Crippen molar-refractivity contribution in [1.82, 2.24) is 4.90 Å². The highest BCUT2D eigenvalue weighted by Crippen LogP contribution is 2.24. The van der Waals surface area contributed by atoms with Gasteiger partial charge < -0.3 is 5.32 Å². The lowest BCUT2D eigenvalue weighted by atomic mass is 9.95. The summed E-state index contributed by atoms with van der Waals surface area (Å²) in [5.74, 6) is 0.146. The first kappa shape index (κ1) is 18.2. The van der Waals surface area contributed by atoms with Crippen molar-refractivity contribution in [1.29, 1.82) is 0 Å². The molecule has 1 fully saturated rings. The van der Waals surface area contributed by atoms with E-state index in [9.17, 15) is 4.79 Å². The number of carbonyl (C=O) groups excluding carboxylic acids is 1. The summed E-state index contributed by atoms with van der Waals surface area (Å²) in [5.41, 5.74) is 3.03. The van der Waals surface area contributed by atoms with Crippen LogP contribution in [-0.2, 0) is 11.3 Å². The molecule has 5 heteroatoms. The lowest BCUT2D eigenvalue weighted by Gasteiger charge is -2.31. The molecular weight excluding hydrogens is 355 g/mol. The topological polar surface area (TPSA) is 32.3 Å².